The van der Waals surface area contributed by atoms with Gasteiger partial charge in [0.2, 0.25) is 0 Å². The molecule has 0 spiro atoms. The largest absolute Gasteiger partial charge is 1.00 e. The maximum atomic E-state index is 12.7. The molecule has 0 radical (unpaired) electrons. The van der Waals surface area contributed by atoms with Crippen molar-refractivity contribution in [2.24, 2.45) is 56.7 Å². The zero-order chi connectivity index (χ0) is 24.2. The van der Waals surface area contributed by atoms with E-state index in [1.54, 1.807) is 0 Å². The van der Waals surface area contributed by atoms with Crippen LogP contribution in [0.15, 0.2) is 11.6 Å². The minimum atomic E-state index is -0.792. The van der Waals surface area contributed by atoms with E-state index < -0.39 is 11.4 Å². The Morgan fingerprint density at radius 1 is 0.941 bits per heavy atom. The third kappa shape index (κ3) is 3.33. The molecule has 0 aromatic heterocycles. The van der Waals surface area contributed by atoms with Gasteiger partial charge in [-0.1, -0.05) is 60.1 Å². The Hall–Kier alpha value is 0.806. The van der Waals surface area contributed by atoms with Crippen LogP contribution >= 0.6 is 0 Å². The van der Waals surface area contributed by atoms with Crippen LogP contribution in [0, 0.1) is 56.7 Å². The predicted molar refractivity (Wildman–Crippen MR) is 130 cm³/mol. The van der Waals surface area contributed by atoms with Gasteiger partial charge in [-0.25, -0.2) is 0 Å². The van der Waals surface area contributed by atoms with Crippen molar-refractivity contribution in [2.45, 2.75) is 112 Å². The molecule has 5 aliphatic carbocycles. The Morgan fingerprint density at radius 2 is 1.62 bits per heavy atom. The number of aliphatic hydroxyl groups excluding tert-OH is 1. The smallest absolute Gasteiger partial charge is 0.550 e. The molecule has 0 aromatic carbocycles. The van der Waals surface area contributed by atoms with E-state index in [9.17, 15) is 15.0 Å². The van der Waals surface area contributed by atoms with Gasteiger partial charge in [0.1, 0.15) is 0 Å². The topological polar surface area (TPSA) is 60.4 Å². The van der Waals surface area contributed by atoms with Crippen molar-refractivity contribution in [3.05, 3.63) is 11.6 Å². The Balaban J connectivity index is 0.00000274. The number of hydrogen-bond donors (Lipinski definition) is 1. The number of fused-ring (bicyclic) bond motifs is 7. The van der Waals surface area contributed by atoms with Gasteiger partial charge < -0.3 is 15.0 Å². The van der Waals surface area contributed by atoms with Crippen LogP contribution in [0.1, 0.15) is 106 Å². The number of carbonyl (C=O) groups excluding carboxylic acids is 1. The summed E-state index contributed by atoms with van der Waals surface area (Å²) in [5.41, 5.74) is 1.24. The molecule has 0 bridgehead atoms. The Kier molecular flexibility index (Phi) is 7.09. The molecule has 1 unspecified atom stereocenters. The summed E-state index contributed by atoms with van der Waals surface area (Å²) in [7, 11) is 0. The molecule has 10 atom stereocenters. The van der Waals surface area contributed by atoms with Gasteiger partial charge >= 0.3 is 51.4 Å². The first-order valence-corrected chi connectivity index (χ1v) is 13.9. The normalized spacial score (nSPS) is 53.7. The van der Waals surface area contributed by atoms with E-state index in [0.717, 1.165) is 44.9 Å². The fourth-order valence-electron chi connectivity index (χ4n) is 10.8. The van der Waals surface area contributed by atoms with E-state index in [1.807, 2.05) is 0 Å². The molecule has 0 aliphatic heterocycles. The van der Waals surface area contributed by atoms with Crippen molar-refractivity contribution in [1.29, 1.82) is 0 Å². The maximum Gasteiger partial charge on any atom is 1.00 e. The van der Waals surface area contributed by atoms with Crippen molar-refractivity contribution in [1.82, 2.24) is 0 Å². The maximum absolute atomic E-state index is 12.7. The molecule has 1 N–H and O–H groups in total. The Morgan fingerprint density at radius 3 is 2.26 bits per heavy atom. The van der Waals surface area contributed by atoms with E-state index in [1.165, 1.54) is 18.4 Å². The zero-order valence-corrected chi connectivity index (χ0v) is 26.3. The number of carboxylic acids is 1. The SMILES string of the molecule is C[C@@H]1CC[C@]2(C(=O)[O-])CC[C@]3(C)C(=CC[C@@H]4[C@@]5(C)CC[C@H](O)C(C)(C)[C@@H]5CC[C@]43C)C2[C@H]1C.[K+]. The molecular weight excluding hydrogens is 447 g/mol. The van der Waals surface area contributed by atoms with Gasteiger partial charge in [0.15, 0.2) is 0 Å². The van der Waals surface area contributed by atoms with Crippen molar-refractivity contribution >= 4 is 5.97 Å². The van der Waals surface area contributed by atoms with Crippen LogP contribution in [-0.4, -0.2) is 17.2 Å². The first-order valence-electron chi connectivity index (χ1n) is 13.9. The molecule has 186 valence electrons. The van der Waals surface area contributed by atoms with Gasteiger partial charge in [-0.15, -0.1) is 0 Å². The van der Waals surface area contributed by atoms with Crippen LogP contribution in [-0.2, 0) is 4.79 Å². The summed E-state index contributed by atoms with van der Waals surface area (Å²) in [5, 5.41) is 23.6. The van der Waals surface area contributed by atoms with Crippen molar-refractivity contribution in [2.75, 3.05) is 0 Å². The molecule has 4 heteroatoms. The van der Waals surface area contributed by atoms with E-state index in [0.29, 0.717) is 23.7 Å². The number of aliphatic carboxylic acids is 1. The minimum Gasteiger partial charge on any atom is -0.550 e. The molecule has 0 heterocycles. The van der Waals surface area contributed by atoms with Crippen LogP contribution in [0.3, 0.4) is 0 Å². The number of aliphatic hydroxyl groups is 1. The Labute approximate surface area is 250 Å². The van der Waals surface area contributed by atoms with Crippen LogP contribution in [0.25, 0.3) is 0 Å². The summed E-state index contributed by atoms with van der Waals surface area (Å²) < 4.78 is 0. The van der Waals surface area contributed by atoms with Crippen molar-refractivity contribution in [3.63, 3.8) is 0 Å². The third-order valence-corrected chi connectivity index (χ3v) is 13.4. The van der Waals surface area contributed by atoms with E-state index in [2.05, 4.69) is 54.5 Å². The summed E-state index contributed by atoms with van der Waals surface area (Å²) >= 11 is 0. The number of allylic oxidation sites excluding steroid dienone is 2. The molecule has 4 saturated carbocycles. The predicted octanol–water partition coefficient (Wildman–Crippen LogP) is 2.76. The first-order chi connectivity index (χ1) is 15.3. The molecule has 0 aromatic rings. The van der Waals surface area contributed by atoms with Gasteiger partial charge in [0, 0.05) is 11.4 Å². The second-order valence-electron chi connectivity index (χ2n) is 14.5. The van der Waals surface area contributed by atoms with E-state index in [-0.39, 0.29) is 85.1 Å². The first kappa shape index (κ1) is 27.8. The van der Waals surface area contributed by atoms with Gasteiger partial charge in [-0.3, -0.25) is 0 Å². The van der Waals surface area contributed by atoms with Gasteiger partial charge in [-0.2, -0.15) is 0 Å². The Bertz CT molecular complexity index is 880. The number of hydrogen-bond acceptors (Lipinski definition) is 3. The van der Waals surface area contributed by atoms with Gasteiger partial charge in [0.05, 0.1) is 6.10 Å². The molecule has 5 aliphatic rings. The van der Waals surface area contributed by atoms with Gasteiger partial charge in [0.25, 0.3) is 0 Å². The van der Waals surface area contributed by atoms with Crippen LogP contribution in [0.5, 0.6) is 0 Å². The monoisotopic (exact) mass is 494 g/mol. The number of carbonyl (C=O) groups is 1. The fraction of sp³-hybridized carbons (Fsp3) is 0.900. The summed E-state index contributed by atoms with van der Waals surface area (Å²) in [6.45, 7) is 16.8. The van der Waals surface area contributed by atoms with Gasteiger partial charge in [-0.05, 0) is 109 Å². The average molecular weight is 495 g/mol. The third-order valence-electron chi connectivity index (χ3n) is 13.4. The van der Waals surface area contributed by atoms with Crippen LogP contribution in [0.4, 0.5) is 0 Å². The molecule has 3 nitrogen and oxygen atoms in total. The number of rotatable bonds is 1. The molecule has 0 amide bonds. The van der Waals surface area contributed by atoms with Crippen LogP contribution in [0.2, 0.25) is 0 Å². The summed E-state index contributed by atoms with van der Waals surface area (Å²) in [5.74, 6) is 1.42. The molecule has 34 heavy (non-hydrogen) atoms. The summed E-state index contributed by atoms with van der Waals surface area (Å²) in [6, 6.07) is 0. The minimum absolute atomic E-state index is 0. The second kappa shape index (κ2) is 8.66. The zero-order valence-electron chi connectivity index (χ0n) is 23.2. The second-order valence-corrected chi connectivity index (χ2v) is 14.5. The van der Waals surface area contributed by atoms with Crippen molar-refractivity contribution < 1.29 is 66.4 Å². The number of carboxylic acid groups (broad SMARTS) is 1. The standard InChI is InChI=1S/C30H48O3.K/c1-18-10-15-30(25(32)33)17-16-28(6)20(24(30)19(18)2)8-9-22-27(5)13-12-23(31)26(3,4)21(27)11-14-29(22,28)7;/h8,18-19,21-24,31H,9-17H2,1-7H3,(H,32,33);/q;+1/p-1/t18-,19+,21+,22-,23+,24?,27+,28-,29-,30+;/m1./s1. The molecule has 4 fully saturated rings. The molecular formula is C30H47KO3. The quantitative estimate of drug-likeness (QED) is 0.450. The summed E-state index contributed by atoms with van der Waals surface area (Å²) in [6.07, 6.45) is 11.3. The van der Waals surface area contributed by atoms with Crippen molar-refractivity contribution in [3.8, 4) is 0 Å². The molecule has 0 saturated heterocycles. The molecule has 5 rings (SSSR count). The average Bonchev–Trinajstić information content (AvgIpc) is 2.74. The van der Waals surface area contributed by atoms with E-state index >= 15 is 0 Å². The van der Waals surface area contributed by atoms with Crippen LogP contribution < -0.4 is 56.5 Å². The summed E-state index contributed by atoms with van der Waals surface area (Å²) in [4.78, 5) is 12.7. The fourth-order valence-corrected chi connectivity index (χ4v) is 10.8. The van der Waals surface area contributed by atoms with E-state index in [4.69, 9.17) is 0 Å².